The van der Waals surface area contributed by atoms with Gasteiger partial charge in [-0.2, -0.15) is 0 Å². The van der Waals surface area contributed by atoms with Crippen molar-refractivity contribution >= 4 is 18.3 Å². The van der Waals surface area contributed by atoms with Crippen molar-refractivity contribution in [3.63, 3.8) is 0 Å². The Kier molecular flexibility index (Phi) is 7.63. The summed E-state index contributed by atoms with van der Waals surface area (Å²) in [4.78, 5) is 12.0. The minimum Gasteiger partial charge on any atom is -0.349 e. The van der Waals surface area contributed by atoms with E-state index in [4.69, 9.17) is 0 Å². The number of hydrogen-bond acceptors (Lipinski definition) is 2. The molecule has 1 saturated heterocycles. The molecule has 112 valence electrons. The summed E-state index contributed by atoms with van der Waals surface area (Å²) in [6.07, 6.45) is 3.80. The maximum absolute atomic E-state index is 12.0. The lowest BCUT2D eigenvalue weighted by atomic mass is 10.0. The topological polar surface area (TPSA) is 41.1 Å². The Labute approximate surface area is 127 Å². The van der Waals surface area contributed by atoms with Crippen molar-refractivity contribution in [3.05, 3.63) is 35.9 Å². The van der Waals surface area contributed by atoms with Crippen LogP contribution in [0.15, 0.2) is 30.3 Å². The second-order valence-corrected chi connectivity index (χ2v) is 5.34. The molecular weight excluding hydrogens is 272 g/mol. The zero-order valence-corrected chi connectivity index (χ0v) is 12.9. The first-order chi connectivity index (χ1) is 9.29. The van der Waals surface area contributed by atoms with Crippen molar-refractivity contribution in [2.24, 2.45) is 5.92 Å². The largest absolute Gasteiger partial charge is 0.349 e. The van der Waals surface area contributed by atoms with Crippen LogP contribution in [-0.4, -0.2) is 19.0 Å². The summed E-state index contributed by atoms with van der Waals surface area (Å²) in [5.74, 6) is 0.866. The van der Waals surface area contributed by atoms with Gasteiger partial charge >= 0.3 is 0 Å². The summed E-state index contributed by atoms with van der Waals surface area (Å²) < 4.78 is 0. The normalized spacial score (nSPS) is 19.1. The predicted molar refractivity (Wildman–Crippen MR) is 85.1 cm³/mol. The summed E-state index contributed by atoms with van der Waals surface area (Å²) in [6.45, 7) is 4.29. The van der Waals surface area contributed by atoms with E-state index in [1.54, 1.807) is 0 Å². The fourth-order valence-electron chi connectivity index (χ4n) is 2.67. The first kappa shape index (κ1) is 17.0. The number of nitrogens with one attached hydrogen (secondary N) is 2. The van der Waals surface area contributed by atoms with Crippen LogP contribution in [-0.2, 0) is 4.79 Å². The van der Waals surface area contributed by atoms with Crippen LogP contribution in [0.4, 0.5) is 0 Å². The van der Waals surface area contributed by atoms with Crippen LogP contribution in [0.1, 0.15) is 44.2 Å². The molecule has 2 rings (SSSR count). The summed E-state index contributed by atoms with van der Waals surface area (Å²) in [6, 6.07) is 10.4. The minimum atomic E-state index is 0. The van der Waals surface area contributed by atoms with Crippen LogP contribution in [0.2, 0.25) is 0 Å². The molecule has 1 aliphatic heterocycles. The van der Waals surface area contributed by atoms with Crippen molar-refractivity contribution in [1.29, 1.82) is 0 Å². The zero-order chi connectivity index (χ0) is 13.5. The monoisotopic (exact) mass is 296 g/mol. The van der Waals surface area contributed by atoms with Crippen molar-refractivity contribution in [1.82, 2.24) is 10.6 Å². The number of carbonyl (C=O) groups excluding carboxylic acids is 1. The molecule has 1 amide bonds. The highest BCUT2D eigenvalue weighted by molar-refractivity contribution is 5.85. The molecule has 1 heterocycles. The van der Waals surface area contributed by atoms with Gasteiger partial charge in [0.05, 0.1) is 6.04 Å². The molecule has 2 unspecified atom stereocenters. The molecule has 3 nitrogen and oxygen atoms in total. The smallest absolute Gasteiger partial charge is 0.220 e. The molecule has 0 spiro atoms. The Balaban J connectivity index is 0.00000200. The fourth-order valence-corrected chi connectivity index (χ4v) is 2.67. The maximum Gasteiger partial charge on any atom is 0.220 e. The molecule has 1 aliphatic rings. The molecule has 20 heavy (non-hydrogen) atoms. The number of benzene rings is 1. The summed E-state index contributed by atoms with van der Waals surface area (Å²) in [7, 11) is 0. The summed E-state index contributed by atoms with van der Waals surface area (Å²) in [5.41, 5.74) is 1.20. The van der Waals surface area contributed by atoms with Crippen LogP contribution >= 0.6 is 12.4 Å². The molecule has 1 aromatic rings. The van der Waals surface area contributed by atoms with Crippen LogP contribution in [0.25, 0.3) is 0 Å². The van der Waals surface area contributed by atoms with E-state index in [0.29, 0.717) is 12.3 Å². The van der Waals surface area contributed by atoms with E-state index in [9.17, 15) is 4.79 Å². The van der Waals surface area contributed by atoms with E-state index < -0.39 is 0 Å². The van der Waals surface area contributed by atoms with E-state index in [-0.39, 0.29) is 24.4 Å². The van der Waals surface area contributed by atoms with Gasteiger partial charge in [-0.05, 0) is 43.8 Å². The van der Waals surface area contributed by atoms with Crippen LogP contribution in [0.3, 0.4) is 0 Å². The Morgan fingerprint density at radius 1 is 1.40 bits per heavy atom. The van der Waals surface area contributed by atoms with Gasteiger partial charge < -0.3 is 10.6 Å². The van der Waals surface area contributed by atoms with E-state index in [2.05, 4.69) is 29.7 Å². The zero-order valence-electron chi connectivity index (χ0n) is 12.1. The SMILES string of the molecule is CCC(NC(=O)CCC1CCNC1)c1ccccc1.Cl. The lowest BCUT2D eigenvalue weighted by Crippen LogP contribution is -2.28. The van der Waals surface area contributed by atoms with Gasteiger partial charge in [0.1, 0.15) is 0 Å². The van der Waals surface area contributed by atoms with E-state index in [1.807, 2.05) is 18.2 Å². The molecule has 0 aromatic heterocycles. The highest BCUT2D eigenvalue weighted by Crippen LogP contribution is 2.18. The van der Waals surface area contributed by atoms with Crippen LogP contribution in [0, 0.1) is 5.92 Å². The number of hydrogen-bond donors (Lipinski definition) is 2. The third-order valence-corrected chi connectivity index (χ3v) is 3.89. The molecule has 0 radical (unpaired) electrons. The van der Waals surface area contributed by atoms with E-state index in [0.717, 1.165) is 25.9 Å². The van der Waals surface area contributed by atoms with Crippen LogP contribution in [0.5, 0.6) is 0 Å². The number of amides is 1. The summed E-state index contributed by atoms with van der Waals surface area (Å²) in [5, 5.41) is 6.49. The van der Waals surface area contributed by atoms with Gasteiger partial charge in [0, 0.05) is 6.42 Å². The second-order valence-electron chi connectivity index (χ2n) is 5.34. The number of halogens is 1. The van der Waals surface area contributed by atoms with Gasteiger partial charge in [-0.15, -0.1) is 12.4 Å². The highest BCUT2D eigenvalue weighted by atomic mass is 35.5. The average molecular weight is 297 g/mol. The standard InChI is InChI=1S/C16H24N2O.ClH/c1-2-15(14-6-4-3-5-7-14)18-16(19)9-8-13-10-11-17-12-13;/h3-7,13,15,17H,2,8-12H2,1H3,(H,18,19);1H. The molecule has 0 bridgehead atoms. The van der Waals surface area contributed by atoms with E-state index >= 15 is 0 Å². The van der Waals surface area contributed by atoms with Gasteiger partial charge in [-0.1, -0.05) is 37.3 Å². The number of carbonyl (C=O) groups is 1. The Morgan fingerprint density at radius 2 is 2.15 bits per heavy atom. The van der Waals surface area contributed by atoms with Gasteiger partial charge in [-0.3, -0.25) is 4.79 Å². The third-order valence-electron chi connectivity index (χ3n) is 3.89. The van der Waals surface area contributed by atoms with Gasteiger partial charge in [0.2, 0.25) is 5.91 Å². The van der Waals surface area contributed by atoms with Crippen molar-refractivity contribution in [2.75, 3.05) is 13.1 Å². The molecule has 1 fully saturated rings. The molecule has 4 heteroatoms. The lowest BCUT2D eigenvalue weighted by molar-refractivity contribution is -0.122. The van der Waals surface area contributed by atoms with Crippen molar-refractivity contribution in [2.45, 2.75) is 38.6 Å². The average Bonchev–Trinajstić information content (AvgIpc) is 2.97. The quantitative estimate of drug-likeness (QED) is 0.847. The molecule has 0 saturated carbocycles. The minimum absolute atomic E-state index is 0. The van der Waals surface area contributed by atoms with Crippen LogP contribution < -0.4 is 10.6 Å². The Bertz CT molecular complexity index is 391. The predicted octanol–water partition coefficient (Wildman–Crippen LogP) is 3.07. The molecule has 2 atom stereocenters. The molecule has 1 aromatic carbocycles. The summed E-state index contributed by atoms with van der Waals surface area (Å²) >= 11 is 0. The lowest BCUT2D eigenvalue weighted by Gasteiger charge is -2.18. The van der Waals surface area contributed by atoms with Gasteiger partial charge in [0.25, 0.3) is 0 Å². The fraction of sp³-hybridized carbons (Fsp3) is 0.562. The van der Waals surface area contributed by atoms with E-state index in [1.165, 1.54) is 12.0 Å². The molecule has 0 aliphatic carbocycles. The van der Waals surface area contributed by atoms with Gasteiger partial charge in [-0.25, -0.2) is 0 Å². The Hall–Kier alpha value is -1.06. The first-order valence-corrected chi connectivity index (χ1v) is 7.34. The number of rotatable bonds is 6. The molecule has 2 N–H and O–H groups in total. The first-order valence-electron chi connectivity index (χ1n) is 7.34. The van der Waals surface area contributed by atoms with Crippen molar-refractivity contribution < 1.29 is 4.79 Å². The highest BCUT2D eigenvalue weighted by Gasteiger charge is 2.17. The Morgan fingerprint density at radius 3 is 2.75 bits per heavy atom. The van der Waals surface area contributed by atoms with Gasteiger partial charge in [0.15, 0.2) is 0 Å². The van der Waals surface area contributed by atoms with Crippen molar-refractivity contribution in [3.8, 4) is 0 Å². The molecular formula is C16H25ClN2O. The maximum atomic E-state index is 12.0. The third kappa shape index (κ3) is 5.14. The second kappa shape index (κ2) is 8.98.